The molecule has 1 aliphatic rings. The minimum Gasteiger partial charge on any atom is -0.493 e. The first-order valence-corrected chi connectivity index (χ1v) is 6.47. The zero-order chi connectivity index (χ0) is 12.8. The molecule has 0 atom stereocenters. The SMILES string of the molecule is COc1cc(CNC2CC2)ccc1OCCCO. The summed E-state index contributed by atoms with van der Waals surface area (Å²) in [7, 11) is 1.65. The number of rotatable bonds is 8. The van der Waals surface area contributed by atoms with E-state index >= 15 is 0 Å². The highest BCUT2D eigenvalue weighted by Crippen LogP contribution is 2.28. The van der Waals surface area contributed by atoms with E-state index in [9.17, 15) is 0 Å². The molecule has 4 nitrogen and oxygen atoms in total. The maximum Gasteiger partial charge on any atom is 0.161 e. The number of aliphatic hydroxyl groups is 1. The molecule has 18 heavy (non-hydrogen) atoms. The van der Waals surface area contributed by atoms with Crippen LogP contribution in [0, 0.1) is 0 Å². The van der Waals surface area contributed by atoms with Crippen LogP contribution in [0.1, 0.15) is 24.8 Å². The average Bonchev–Trinajstić information content (AvgIpc) is 3.21. The Kier molecular flexibility index (Phi) is 4.84. The summed E-state index contributed by atoms with van der Waals surface area (Å²) < 4.78 is 10.9. The lowest BCUT2D eigenvalue weighted by atomic mass is 10.2. The first-order valence-electron chi connectivity index (χ1n) is 6.47. The smallest absolute Gasteiger partial charge is 0.161 e. The molecule has 0 bridgehead atoms. The van der Waals surface area contributed by atoms with Crippen molar-refractivity contribution in [2.75, 3.05) is 20.3 Å². The van der Waals surface area contributed by atoms with Gasteiger partial charge in [-0.25, -0.2) is 0 Å². The van der Waals surface area contributed by atoms with Gasteiger partial charge in [-0.15, -0.1) is 0 Å². The highest BCUT2D eigenvalue weighted by Gasteiger charge is 2.20. The highest BCUT2D eigenvalue weighted by atomic mass is 16.5. The van der Waals surface area contributed by atoms with E-state index in [1.807, 2.05) is 18.2 Å². The van der Waals surface area contributed by atoms with Gasteiger partial charge in [0.15, 0.2) is 11.5 Å². The van der Waals surface area contributed by atoms with Gasteiger partial charge in [-0.2, -0.15) is 0 Å². The molecule has 1 aromatic carbocycles. The van der Waals surface area contributed by atoms with Crippen LogP contribution in [0.15, 0.2) is 18.2 Å². The molecule has 4 heteroatoms. The molecule has 1 aromatic rings. The molecule has 100 valence electrons. The molecule has 0 aromatic heterocycles. The zero-order valence-corrected chi connectivity index (χ0v) is 10.8. The summed E-state index contributed by atoms with van der Waals surface area (Å²) in [4.78, 5) is 0. The van der Waals surface area contributed by atoms with Crippen molar-refractivity contribution in [1.82, 2.24) is 5.32 Å². The summed E-state index contributed by atoms with van der Waals surface area (Å²) in [5.41, 5.74) is 1.20. The van der Waals surface area contributed by atoms with Crippen LogP contribution >= 0.6 is 0 Å². The monoisotopic (exact) mass is 251 g/mol. The molecule has 2 rings (SSSR count). The van der Waals surface area contributed by atoms with Gasteiger partial charge >= 0.3 is 0 Å². The van der Waals surface area contributed by atoms with Gasteiger partial charge in [-0.1, -0.05) is 6.07 Å². The van der Waals surface area contributed by atoms with Crippen LogP contribution in [-0.4, -0.2) is 31.5 Å². The van der Waals surface area contributed by atoms with E-state index < -0.39 is 0 Å². The number of hydrogen-bond donors (Lipinski definition) is 2. The van der Waals surface area contributed by atoms with Gasteiger partial charge in [-0.05, 0) is 30.5 Å². The number of hydrogen-bond acceptors (Lipinski definition) is 4. The van der Waals surface area contributed by atoms with E-state index in [4.69, 9.17) is 14.6 Å². The summed E-state index contributed by atoms with van der Waals surface area (Å²) in [6, 6.07) is 6.69. The Hall–Kier alpha value is -1.26. The fraction of sp³-hybridized carbons (Fsp3) is 0.571. The van der Waals surface area contributed by atoms with Crippen LogP contribution in [0.25, 0.3) is 0 Å². The molecule has 0 aliphatic heterocycles. The van der Waals surface area contributed by atoms with Gasteiger partial charge in [0.05, 0.1) is 13.7 Å². The Balaban J connectivity index is 1.92. The predicted octanol–water partition coefficient (Wildman–Crippen LogP) is 1.71. The maximum absolute atomic E-state index is 8.72. The standard InChI is InChI=1S/C14H21NO3/c1-17-14-9-11(10-15-12-4-5-12)3-6-13(14)18-8-2-7-16/h3,6,9,12,15-16H,2,4-5,7-8,10H2,1H3. The minimum atomic E-state index is 0.145. The molecule has 0 saturated heterocycles. The second-order valence-electron chi connectivity index (χ2n) is 4.57. The van der Waals surface area contributed by atoms with Crippen molar-refractivity contribution in [3.05, 3.63) is 23.8 Å². The van der Waals surface area contributed by atoms with Crippen molar-refractivity contribution in [1.29, 1.82) is 0 Å². The third kappa shape index (κ3) is 3.89. The molecule has 0 unspecified atom stereocenters. The molecular formula is C14H21NO3. The van der Waals surface area contributed by atoms with Crippen molar-refractivity contribution >= 4 is 0 Å². The number of ether oxygens (including phenoxy) is 2. The Bertz CT molecular complexity index is 377. The van der Waals surface area contributed by atoms with Crippen molar-refractivity contribution in [3.8, 4) is 11.5 Å². The molecule has 0 heterocycles. The fourth-order valence-corrected chi connectivity index (χ4v) is 1.74. The highest BCUT2D eigenvalue weighted by molar-refractivity contribution is 5.43. The second kappa shape index (κ2) is 6.61. The molecular weight excluding hydrogens is 230 g/mol. The third-order valence-corrected chi connectivity index (χ3v) is 2.96. The van der Waals surface area contributed by atoms with E-state index in [1.54, 1.807) is 7.11 Å². The van der Waals surface area contributed by atoms with Crippen molar-refractivity contribution in [2.24, 2.45) is 0 Å². The van der Waals surface area contributed by atoms with E-state index in [1.165, 1.54) is 18.4 Å². The Labute approximate surface area is 108 Å². The van der Waals surface area contributed by atoms with Crippen LogP contribution in [0.2, 0.25) is 0 Å². The van der Waals surface area contributed by atoms with Gasteiger partial charge in [-0.3, -0.25) is 0 Å². The molecule has 0 amide bonds. The van der Waals surface area contributed by atoms with Gasteiger partial charge < -0.3 is 19.9 Å². The molecule has 0 spiro atoms. The second-order valence-corrected chi connectivity index (χ2v) is 4.57. The lowest BCUT2D eigenvalue weighted by Crippen LogP contribution is -2.15. The number of nitrogens with one attached hydrogen (secondary N) is 1. The number of benzene rings is 1. The number of aliphatic hydroxyl groups excluding tert-OH is 1. The summed E-state index contributed by atoms with van der Waals surface area (Å²) in [6.45, 7) is 1.52. The largest absolute Gasteiger partial charge is 0.493 e. The first kappa shape index (κ1) is 13.2. The Morgan fingerprint density at radius 2 is 2.17 bits per heavy atom. The van der Waals surface area contributed by atoms with Crippen molar-refractivity contribution < 1.29 is 14.6 Å². The Morgan fingerprint density at radius 3 is 2.83 bits per heavy atom. The van der Waals surface area contributed by atoms with Gasteiger partial charge in [0, 0.05) is 25.6 Å². The van der Waals surface area contributed by atoms with E-state index in [0.29, 0.717) is 19.1 Å². The number of methoxy groups -OCH3 is 1. The average molecular weight is 251 g/mol. The summed E-state index contributed by atoms with van der Waals surface area (Å²) in [5, 5.41) is 12.2. The lowest BCUT2D eigenvalue weighted by molar-refractivity contribution is 0.228. The van der Waals surface area contributed by atoms with Gasteiger partial charge in [0.1, 0.15) is 0 Å². The van der Waals surface area contributed by atoms with Gasteiger partial charge in [0.2, 0.25) is 0 Å². The van der Waals surface area contributed by atoms with Crippen LogP contribution in [-0.2, 0) is 6.54 Å². The molecule has 1 saturated carbocycles. The summed E-state index contributed by atoms with van der Waals surface area (Å²) >= 11 is 0. The zero-order valence-electron chi connectivity index (χ0n) is 10.8. The van der Waals surface area contributed by atoms with Crippen LogP contribution in [0.4, 0.5) is 0 Å². The first-order chi connectivity index (χ1) is 8.83. The summed E-state index contributed by atoms with van der Waals surface area (Å²) in [6.07, 6.45) is 3.22. The predicted molar refractivity (Wildman–Crippen MR) is 70.1 cm³/mol. The fourth-order valence-electron chi connectivity index (χ4n) is 1.74. The molecule has 0 radical (unpaired) electrons. The molecule has 1 fully saturated rings. The van der Waals surface area contributed by atoms with Crippen molar-refractivity contribution in [3.63, 3.8) is 0 Å². The molecule has 1 aliphatic carbocycles. The van der Waals surface area contributed by atoms with E-state index in [2.05, 4.69) is 5.32 Å². The van der Waals surface area contributed by atoms with E-state index in [0.717, 1.165) is 18.0 Å². The maximum atomic E-state index is 8.72. The topological polar surface area (TPSA) is 50.7 Å². The van der Waals surface area contributed by atoms with Crippen LogP contribution in [0.3, 0.4) is 0 Å². The minimum absolute atomic E-state index is 0.145. The van der Waals surface area contributed by atoms with Gasteiger partial charge in [0.25, 0.3) is 0 Å². The normalized spacial score (nSPS) is 14.6. The lowest BCUT2D eigenvalue weighted by Gasteiger charge is -2.12. The molecule has 2 N–H and O–H groups in total. The summed E-state index contributed by atoms with van der Waals surface area (Å²) in [5.74, 6) is 1.49. The Morgan fingerprint density at radius 1 is 1.33 bits per heavy atom. The third-order valence-electron chi connectivity index (χ3n) is 2.96. The van der Waals surface area contributed by atoms with Crippen LogP contribution in [0.5, 0.6) is 11.5 Å². The van der Waals surface area contributed by atoms with E-state index in [-0.39, 0.29) is 6.61 Å². The van der Waals surface area contributed by atoms with Crippen molar-refractivity contribution in [2.45, 2.75) is 31.8 Å². The quantitative estimate of drug-likeness (QED) is 0.691. The van der Waals surface area contributed by atoms with Crippen LogP contribution < -0.4 is 14.8 Å².